The number of allylic oxidation sites excluding steroid dienone is 2. The third kappa shape index (κ3) is 2.97. The minimum absolute atomic E-state index is 0.000511. The van der Waals surface area contributed by atoms with Crippen molar-refractivity contribution in [3.8, 4) is 0 Å². The van der Waals surface area contributed by atoms with Gasteiger partial charge in [0.05, 0.1) is 16.9 Å². The van der Waals surface area contributed by atoms with Gasteiger partial charge in [0.2, 0.25) is 0 Å². The summed E-state index contributed by atoms with van der Waals surface area (Å²) in [6, 6.07) is 0. The van der Waals surface area contributed by atoms with E-state index in [0.29, 0.717) is 18.3 Å². The first-order chi connectivity index (χ1) is 16.1. The maximum Gasteiger partial charge on any atom is 0.312 e. The zero-order valence-corrected chi connectivity index (χ0v) is 22.6. The molecule has 0 saturated heterocycles. The molecule has 0 spiro atoms. The van der Waals surface area contributed by atoms with Crippen LogP contribution >= 0.6 is 0 Å². The third-order valence-corrected chi connectivity index (χ3v) is 13.4. The molecule has 4 saturated carbocycles. The molecule has 0 heterocycles. The number of rotatable bonds is 2. The molecule has 10 atom stereocenters. The number of carboxylic acid groups (broad SMARTS) is 2. The molecule has 0 aromatic heterocycles. The molecule has 0 radical (unpaired) electrons. The Morgan fingerprint density at radius 1 is 0.829 bits per heavy atom. The van der Waals surface area contributed by atoms with Gasteiger partial charge in [0.25, 0.3) is 0 Å². The van der Waals surface area contributed by atoms with Gasteiger partial charge in [0.15, 0.2) is 0 Å². The normalized spacial score (nSPS) is 55.5. The Morgan fingerprint density at radius 2 is 1.49 bits per heavy atom. The number of hydrogen-bond donors (Lipinski definition) is 3. The topological polar surface area (TPSA) is 94.8 Å². The zero-order valence-electron chi connectivity index (χ0n) is 22.6. The van der Waals surface area contributed by atoms with Crippen LogP contribution in [0.25, 0.3) is 0 Å². The lowest BCUT2D eigenvalue weighted by molar-refractivity contribution is -0.216. The minimum Gasteiger partial charge on any atom is -0.481 e. The number of carboxylic acids is 2. The van der Waals surface area contributed by atoms with Crippen LogP contribution in [0.1, 0.15) is 106 Å². The first-order valence-corrected chi connectivity index (χ1v) is 13.9. The average molecular weight is 487 g/mol. The first-order valence-electron chi connectivity index (χ1n) is 13.9. The molecular weight excluding hydrogens is 440 g/mol. The summed E-state index contributed by atoms with van der Waals surface area (Å²) in [5.74, 6) is -0.878. The molecule has 35 heavy (non-hydrogen) atoms. The number of hydrogen-bond acceptors (Lipinski definition) is 3. The second-order valence-electron chi connectivity index (χ2n) is 14.7. The quantitative estimate of drug-likeness (QED) is 0.398. The Labute approximate surface area is 210 Å². The van der Waals surface area contributed by atoms with Crippen LogP contribution in [0.4, 0.5) is 0 Å². The van der Waals surface area contributed by atoms with Crippen molar-refractivity contribution in [2.75, 3.05) is 0 Å². The molecule has 4 fully saturated rings. The van der Waals surface area contributed by atoms with Gasteiger partial charge in [0, 0.05) is 0 Å². The highest BCUT2D eigenvalue weighted by Gasteiger charge is 2.69. The van der Waals surface area contributed by atoms with Gasteiger partial charge in [-0.3, -0.25) is 9.59 Å². The molecule has 5 rings (SSSR count). The number of carbonyl (C=O) groups is 2. The van der Waals surface area contributed by atoms with Gasteiger partial charge in [-0.05, 0) is 117 Å². The molecule has 0 amide bonds. The van der Waals surface area contributed by atoms with Gasteiger partial charge in [-0.1, -0.05) is 39.3 Å². The summed E-state index contributed by atoms with van der Waals surface area (Å²) in [4.78, 5) is 24.7. The summed E-state index contributed by atoms with van der Waals surface area (Å²) in [7, 11) is 0. The van der Waals surface area contributed by atoms with E-state index < -0.39 is 28.9 Å². The van der Waals surface area contributed by atoms with E-state index in [1.165, 1.54) is 5.57 Å². The Hall–Kier alpha value is -1.36. The van der Waals surface area contributed by atoms with Gasteiger partial charge < -0.3 is 15.3 Å². The molecule has 196 valence electrons. The van der Waals surface area contributed by atoms with E-state index in [2.05, 4.69) is 33.8 Å². The average Bonchev–Trinajstić information content (AvgIpc) is 2.78. The van der Waals surface area contributed by atoms with Gasteiger partial charge in [-0.15, -0.1) is 0 Å². The SMILES string of the molecule is CC1(C(=O)O)CC[C@]2(C)CC[C@]3(C)C(=CC[C@@H]4[C@@]5(C)CC[C@@H](O)C(C)(C(=O)O)C5CC[C@]43C)[C@H]2C1. The number of aliphatic hydroxyl groups is 1. The summed E-state index contributed by atoms with van der Waals surface area (Å²) in [5.41, 5.74) is -0.168. The number of aliphatic carboxylic acids is 2. The standard InChI is InChI=1S/C30H46O5/c1-25-13-14-26(2,23(32)33)17-19(25)18-7-8-20-27(3)11-10-22(31)30(6,24(34)35)21(27)9-12-29(20,5)28(18,4)16-15-25/h7,19-22,31H,8-17H2,1-6H3,(H,32,33)(H,34,35)/t19-,20-,21?,22-,25-,26?,27-,28-,29-,30?/m1/s1. The Balaban J connectivity index is 1.58. The van der Waals surface area contributed by atoms with Crippen LogP contribution < -0.4 is 0 Å². The predicted octanol–water partition coefficient (Wildman–Crippen LogP) is 6.30. The van der Waals surface area contributed by atoms with Crippen LogP contribution in [0.2, 0.25) is 0 Å². The Bertz CT molecular complexity index is 987. The minimum atomic E-state index is -1.10. The highest BCUT2D eigenvalue weighted by atomic mass is 16.4. The second-order valence-corrected chi connectivity index (χ2v) is 14.7. The second kappa shape index (κ2) is 7.36. The lowest BCUT2D eigenvalue weighted by Gasteiger charge is -2.71. The van der Waals surface area contributed by atoms with Crippen molar-refractivity contribution >= 4 is 11.9 Å². The molecule has 5 nitrogen and oxygen atoms in total. The van der Waals surface area contributed by atoms with E-state index in [4.69, 9.17) is 0 Å². The molecule has 5 aliphatic rings. The van der Waals surface area contributed by atoms with Crippen LogP contribution in [0.5, 0.6) is 0 Å². The highest BCUT2D eigenvalue weighted by Crippen LogP contribution is 2.75. The zero-order chi connectivity index (χ0) is 25.8. The summed E-state index contributed by atoms with van der Waals surface area (Å²) in [6.45, 7) is 13.4. The van der Waals surface area contributed by atoms with Gasteiger partial charge in [-0.25, -0.2) is 0 Å². The van der Waals surface area contributed by atoms with E-state index in [1.54, 1.807) is 6.92 Å². The summed E-state index contributed by atoms with van der Waals surface area (Å²) in [6.07, 6.45) is 10.6. The molecule has 0 bridgehead atoms. The lowest BCUT2D eigenvalue weighted by Crippen LogP contribution is -2.66. The Morgan fingerprint density at radius 3 is 2.11 bits per heavy atom. The van der Waals surface area contributed by atoms with Crippen LogP contribution in [0.3, 0.4) is 0 Å². The van der Waals surface area contributed by atoms with Crippen molar-refractivity contribution < 1.29 is 24.9 Å². The fraction of sp³-hybridized carbons (Fsp3) is 0.867. The molecule has 5 aliphatic carbocycles. The fourth-order valence-electron chi connectivity index (χ4n) is 10.5. The van der Waals surface area contributed by atoms with Crippen LogP contribution in [-0.4, -0.2) is 33.4 Å². The first kappa shape index (κ1) is 25.3. The van der Waals surface area contributed by atoms with Crippen LogP contribution in [0, 0.1) is 50.2 Å². The Kier molecular flexibility index (Phi) is 5.32. The van der Waals surface area contributed by atoms with Crippen molar-refractivity contribution in [2.24, 2.45) is 50.2 Å². The summed E-state index contributed by atoms with van der Waals surface area (Å²) in [5, 5.41) is 31.2. The molecule has 3 unspecified atom stereocenters. The highest BCUT2D eigenvalue weighted by molar-refractivity contribution is 5.76. The van der Waals surface area contributed by atoms with Crippen molar-refractivity contribution in [3.05, 3.63) is 11.6 Å². The van der Waals surface area contributed by atoms with Crippen molar-refractivity contribution in [3.63, 3.8) is 0 Å². The van der Waals surface area contributed by atoms with Gasteiger partial charge in [0.1, 0.15) is 0 Å². The van der Waals surface area contributed by atoms with E-state index in [9.17, 15) is 24.9 Å². The molecular formula is C30H46O5. The molecule has 0 aromatic carbocycles. The molecule has 0 aliphatic heterocycles. The van der Waals surface area contributed by atoms with E-state index in [0.717, 1.165) is 57.8 Å². The third-order valence-electron chi connectivity index (χ3n) is 13.4. The maximum absolute atomic E-state index is 12.5. The van der Waals surface area contributed by atoms with Crippen molar-refractivity contribution in [2.45, 2.75) is 112 Å². The van der Waals surface area contributed by atoms with Crippen LogP contribution in [0.15, 0.2) is 11.6 Å². The maximum atomic E-state index is 12.5. The van der Waals surface area contributed by atoms with Gasteiger partial charge >= 0.3 is 11.9 Å². The number of aliphatic hydroxyl groups excluding tert-OH is 1. The van der Waals surface area contributed by atoms with E-state index >= 15 is 0 Å². The summed E-state index contributed by atoms with van der Waals surface area (Å²) >= 11 is 0. The lowest BCUT2D eigenvalue weighted by atomic mass is 9.33. The van der Waals surface area contributed by atoms with Crippen LogP contribution in [-0.2, 0) is 9.59 Å². The number of fused-ring (bicyclic) bond motifs is 7. The van der Waals surface area contributed by atoms with Crippen molar-refractivity contribution in [1.29, 1.82) is 0 Å². The fourth-order valence-corrected chi connectivity index (χ4v) is 10.5. The molecule has 0 aromatic rings. The van der Waals surface area contributed by atoms with Gasteiger partial charge in [-0.2, -0.15) is 0 Å². The molecule has 5 heteroatoms. The van der Waals surface area contributed by atoms with Crippen molar-refractivity contribution in [1.82, 2.24) is 0 Å². The van der Waals surface area contributed by atoms with E-state index in [1.807, 2.05) is 6.92 Å². The monoisotopic (exact) mass is 486 g/mol. The summed E-state index contributed by atoms with van der Waals surface area (Å²) < 4.78 is 0. The predicted molar refractivity (Wildman–Crippen MR) is 135 cm³/mol. The van der Waals surface area contributed by atoms with E-state index in [-0.39, 0.29) is 27.6 Å². The molecule has 3 N–H and O–H groups in total. The largest absolute Gasteiger partial charge is 0.481 e. The smallest absolute Gasteiger partial charge is 0.312 e.